The van der Waals surface area contributed by atoms with E-state index in [0.29, 0.717) is 5.56 Å². The Hall–Kier alpha value is -3.54. The van der Waals surface area contributed by atoms with E-state index < -0.39 is 41.7 Å². The van der Waals surface area contributed by atoms with Crippen molar-refractivity contribution in [2.75, 3.05) is 13.2 Å². The smallest absolute Gasteiger partial charge is 0.480 e. The lowest BCUT2D eigenvalue weighted by atomic mass is 9.86. The molecule has 0 bridgehead atoms. The summed E-state index contributed by atoms with van der Waals surface area (Å²) >= 11 is 0. The highest BCUT2D eigenvalue weighted by Crippen LogP contribution is 2.31. The molecule has 3 N–H and O–H groups in total. The van der Waals surface area contributed by atoms with Crippen molar-refractivity contribution < 1.29 is 52.7 Å². The van der Waals surface area contributed by atoms with Gasteiger partial charge in [0.2, 0.25) is 0 Å². The molecule has 0 amide bonds. The van der Waals surface area contributed by atoms with Crippen LogP contribution in [0, 0.1) is 11.8 Å². The number of rotatable bonds is 14. The summed E-state index contributed by atoms with van der Waals surface area (Å²) in [4.78, 5) is 48.9. The van der Waals surface area contributed by atoms with Gasteiger partial charge in [-0.2, -0.15) is 0 Å². The maximum atomic E-state index is 12.4. The summed E-state index contributed by atoms with van der Waals surface area (Å²) in [5.41, 5.74) is 3.92. The van der Waals surface area contributed by atoms with Crippen molar-refractivity contribution in [2.24, 2.45) is 17.6 Å². The standard InChI is InChI=1S/C29H45NO11/c1-9-18(3)16-36-25(33)39-22-12-11-21(13-23(22)40-26(34)37-17-19(4)10-2)15-29(30,24(31)32)14-20(5)38-27(35)41-28(6,7)8/h11-13,18-20H,9-10,14-17,30H2,1-8H3,(H,31,32)/t18?,19?,20-,29?/m0/s1. The minimum absolute atomic E-state index is 0.0958. The van der Waals surface area contributed by atoms with Crippen LogP contribution in [0.4, 0.5) is 14.4 Å². The molecule has 1 aromatic rings. The van der Waals surface area contributed by atoms with Crippen molar-refractivity contribution in [3.05, 3.63) is 23.8 Å². The molecule has 0 saturated heterocycles. The molecule has 0 aliphatic carbocycles. The minimum Gasteiger partial charge on any atom is -0.480 e. The van der Waals surface area contributed by atoms with E-state index >= 15 is 0 Å². The van der Waals surface area contributed by atoms with Gasteiger partial charge in [-0.05, 0) is 57.2 Å². The van der Waals surface area contributed by atoms with E-state index in [0.717, 1.165) is 12.8 Å². The van der Waals surface area contributed by atoms with Crippen LogP contribution in [0.25, 0.3) is 0 Å². The second kappa shape index (κ2) is 16.0. The zero-order valence-electron chi connectivity index (χ0n) is 25.3. The summed E-state index contributed by atoms with van der Waals surface area (Å²) in [6.45, 7) is 14.5. The third-order valence-electron chi connectivity index (χ3n) is 6.04. The lowest BCUT2D eigenvalue weighted by Crippen LogP contribution is -2.52. The van der Waals surface area contributed by atoms with E-state index in [9.17, 15) is 24.3 Å². The molecule has 0 aliphatic rings. The van der Waals surface area contributed by atoms with Gasteiger partial charge >= 0.3 is 24.4 Å². The Kier molecular flexibility index (Phi) is 13.9. The van der Waals surface area contributed by atoms with Gasteiger partial charge in [-0.3, -0.25) is 4.79 Å². The van der Waals surface area contributed by atoms with Gasteiger partial charge in [0.05, 0.1) is 13.2 Å². The molecule has 0 fully saturated rings. The summed E-state index contributed by atoms with van der Waals surface area (Å²) in [5, 5.41) is 9.93. The quantitative estimate of drug-likeness (QED) is 0.152. The number of hydrogen-bond donors (Lipinski definition) is 2. The maximum Gasteiger partial charge on any atom is 0.513 e. The largest absolute Gasteiger partial charge is 0.513 e. The molecular formula is C29H45NO11. The van der Waals surface area contributed by atoms with Crippen LogP contribution in [-0.2, 0) is 30.2 Å². The number of ether oxygens (including phenoxy) is 6. The van der Waals surface area contributed by atoms with Crippen molar-refractivity contribution >= 4 is 24.4 Å². The molecule has 0 spiro atoms. The molecule has 0 radical (unpaired) electrons. The molecular weight excluding hydrogens is 538 g/mol. The molecule has 3 unspecified atom stereocenters. The van der Waals surface area contributed by atoms with E-state index in [-0.39, 0.29) is 49.4 Å². The Bertz CT molecular complexity index is 1040. The fraction of sp³-hybridized carbons (Fsp3) is 0.655. The summed E-state index contributed by atoms with van der Waals surface area (Å²) < 4.78 is 31.1. The van der Waals surface area contributed by atoms with Gasteiger partial charge in [-0.1, -0.05) is 46.6 Å². The number of carboxylic acids is 1. The first kappa shape index (κ1) is 35.5. The first-order valence-corrected chi connectivity index (χ1v) is 13.7. The van der Waals surface area contributed by atoms with Crippen molar-refractivity contribution in [3.8, 4) is 11.5 Å². The first-order chi connectivity index (χ1) is 19.0. The Labute approximate surface area is 241 Å². The molecule has 12 nitrogen and oxygen atoms in total. The van der Waals surface area contributed by atoms with Crippen molar-refractivity contribution in [3.63, 3.8) is 0 Å². The zero-order chi connectivity index (χ0) is 31.4. The van der Waals surface area contributed by atoms with Gasteiger partial charge in [-0.25, -0.2) is 14.4 Å². The van der Waals surface area contributed by atoms with E-state index in [2.05, 4.69) is 0 Å². The predicted molar refractivity (Wildman–Crippen MR) is 149 cm³/mol. The monoisotopic (exact) mass is 583 g/mol. The highest BCUT2D eigenvalue weighted by molar-refractivity contribution is 5.79. The first-order valence-electron chi connectivity index (χ1n) is 13.7. The van der Waals surface area contributed by atoms with Crippen molar-refractivity contribution in [1.29, 1.82) is 0 Å². The van der Waals surface area contributed by atoms with Gasteiger partial charge in [0.25, 0.3) is 0 Å². The van der Waals surface area contributed by atoms with Crippen LogP contribution in [0.3, 0.4) is 0 Å². The number of hydrogen-bond acceptors (Lipinski definition) is 11. The number of carbonyl (C=O) groups is 4. The summed E-state index contributed by atoms with van der Waals surface area (Å²) in [7, 11) is 0. The Morgan fingerprint density at radius 3 is 1.83 bits per heavy atom. The molecule has 1 rings (SSSR count). The second-order valence-electron chi connectivity index (χ2n) is 11.4. The number of nitrogens with two attached hydrogens (primary N) is 1. The fourth-order valence-electron chi connectivity index (χ4n) is 3.31. The molecule has 0 aromatic heterocycles. The zero-order valence-corrected chi connectivity index (χ0v) is 25.3. The van der Waals surface area contributed by atoms with Gasteiger partial charge < -0.3 is 39.3 Å². The molecule has 1 aromatic carbocycles. The topological polar surface area (TPSA) is 170 Å². The summed E-state index contributed by atoms with van der Waals surface area (Å²) in [6, 6.07) is 4.13. The predicted octanol–water partition coefficient (Wildman–Crippen LogP) is 5.86. The normalized spacial score (nSPS) is 15.0. The number of aliphatic carboxylic acids is 1. The van der Waals surface area contributed by atoms with Crippen molar-refractivity contribution in [2.45, 2.75) is 98.3 Å². The van der Waals surface area contributed by atoms with Crippen LogP contribution in [0.5, 0.6) is 11.5 Å². The Balaban J connectivity index is 3.17. The second-order valence-corrected chi connectivity index (χ2v) is 11.4. The maximum absolute atomic E-state index is 12.4. The molecule has 0 heterocycles. The Morgan fingerprint density at radius 1 is 0.854 bits per heavy atom. The van der Waals surface area contributed by atoms with Crippen LogP contribution in [0.2, 0.25) is 0 Å². The van der Waals surface area contributed by atoms with Crippen LogP contribution in [-0.4, -0.2) is 60.0 Å². The minimum atomic E-state index is -1.88. The summed E-state index contributed by atoms with van der Waals surface area (Å²) in [5.74, 6) is -1.46. The van der Waals surface area contributed by atoms with Crippen LogP contribution < -0.4 is 15.2 Å². The highest BCUT2D eigenvalue weighted by Gasteiger charge is 2.38. The van der Waals surface area contributed by atoms with E-state index in [1.54, 1.807) is 20.8 Å². The Morgan fingerprint density at radius 2 is 1.37 bits per heavy atom. The van der Waals surface area contributed by atoms with Gasteiger partial charge in [-0.15, -0.1) is 0 Å². The molecule has 0 saturated carbocycles. The highest BCUT2D eigenvalue weighted by atomic mass is 16.7. The molecule has 0 aliphatic heterocycles. The SMILES string of the molecule is CCC(C)COC(=O)Oc1ccc(CC(N)(C[C@H](C)OC(=O)OC(C)(C)C)C(=O)O)cc1OC(=O)OCC(C)CC. The number of benzene rings is 1. The van der Waals surface area contributed by atoms with E-state index in [1.807, 2.05) is 27.7 Å². The lowest BCUT2D eigenvalue weighted by molar-refractivity contribution is -0.145. The van der Waals surface area contributed by atoms with Gasteiger partial charge in [0.15, 0.2) is 11.5 Å². The van der Waals surface area contributed by atoms with Crippen molar-refractivity contribution in [1.82, 2.24) is 0 Å². The molecule has 41 heavy (non-hydrogen) atoms. The molecule has 4 atom stereocenters. The third-order valence-corrected chi connectivity index (χ3v) is 6.04. The molecule has 12 heteroatoms. The lowest BCUT2D eigenvalue weighted by Gasteiger charge is -2.28. The van der Waals surface area contributed by atoms with Crippen LogP contribution in [0.15, 0.2) is 18.2 Å². The van der Waals surface area contributed by atoms with Gasteiger partial charge in [0.1, 0.15) is 17.2 Å². The van der Waals surface area contributed by atoms with Crippen LogP contribution >= 0.6 is 0 Å². The number of carbonyl (C=O) groups excluding carboxylic acids is 3. The van der Waals surface area contributed by atoms with E-state index in [4.69, 9.17) is 34.2 Å². The average Bonchev–Trinajstić information content (AvgIpc) is 2.85. The fourth-order valence-corrected chi connectivity index (χ4v) is 3.31. The third kappa shape index (κ3) is 13.6. The van der Waals surface area contributed by atoms with Crippen LogP contribution in [0.1, 0.15) is 80.2 Å². The van der Waals surface area contributed by atoms with E-state index in [1.165, 1.54) is 25.1 Å². The summed E-state index contributed by atoms with van der Waals surface area (Å²) in [6.07, 6.45) is -2.81. The number of carboxylic acid groups (broad SMARTS) is 1. The average molecular weight is 584 g/mol. The molecule has 232 valence electrons. The van der Waals surface area contributed by atoms with Gasteiger partial charge in [0, 0.05) is 12.8 Å².